The summed E-state index contributed by atoms with van der Waals surface area (Å²) in [6.45, 7) is 4.15. The number of aryl methyl sites for hydroxylation is 1. The Morgan fingerprint density at radius 2 is 2.25 bits per heavy atom. The van der Waals surface area contributed by atoms with Gasteiger partial charge in [-0.1, -0.05) is 17.9 Å². The molecule has 84 valence electrons. The van der Waals surface area contributed by atoms with Crippen molar-refractivity contribution >= 4 is 21.8 Å². The third-order valence-corrected chi connectivity index (χ3v) is 2.63. The van der Waals surface area contributed by atoms with Gasteiger partial charge in [0.25, 0.3) is 0 Å². The van der Waals surface area contributed by atoms with E-state index in [2.05, 4.69) is 33.1 Å². The van der Waals surface area contributed by atoms with E-state index in [1.165, 1.54) is 12.5 Å². The molecule has 0 fully saturated rings. The SMILES string of the molecule is CC(=O)NCCC#Cc1ccc(C)cc1Br. The smallest absolute Gasteiger partial charge is 0.216 e. The summed E-state index contributed by atoms with van der Waals surface area (Å²) in [5.41, 5.74) is 2.18. The first-order valence-corrected chi connectivity index (χ1v) is 5.88. The van der Waals surface area contributed by atoms with Crippen LogP contribution in [0.25, 0.3) is 0 Å². The number of benzene rings is 1. The van der Waals surface area contributed by atoms with Crippen molar-refractivity contribution in [2.45, 2.75) is 20.3 Å². The lowest BCUT2D eigenvalue weighted by Gasteiger charge is -1.98. The van der Waals surface area contributed by atoms with Crippen LogP contribution in [0.2, 0.25) is 0 Å². The molecule has 1 amide bonds. The van der Waals surface area contributed by atoms with Crippen LogP contribution in [-0.2, 0) is 4.79 Å². The molecule has 0 atom stereocenters. The molecule has 1 rings (SSSR count). The molecule has 0 aromatic heterocycles. The van der Waals surface area contributed by atoms with Crippen LogP contribution in [0.3, 0.4) is 0 Å². The van der Waals surface area contributed by atoms with E-state index >= 15 is 0 Å². The van der Waals surface area contributed by atoms with Gasteiger partial charge in [0.1, 0.15) is 0 Å². The number of rotatable bonds is 2. The molecule has 0 aliphatic carbocycles. The molecule has 0 aliphatic rings. The number of nitrogens with one attached hydrogen (secondary N) is 1. The van der Waals surface area contributed by atoms with Crippen LogP contribution in [0.1, 0.15) is 24.5 Å². The zero-order valence-corrected chi connectivity index (χ0v) is 11.0. The third-order valence-electron chi connectivity index (χ3n) is 1.97. The molecular formula is C13H14BrNO. The van der Waals surface area contributed by atoms with Gasteiger partial charge in [-0.2, -0.15) is 0 Å². The average molecular weight is 280 g/mol. The molecule has 0 spiro atoms. The summed E-state index contributed by atoms with van der Waals surface area (Å²) in [6.07, 6.45) is 0.667. The van der Waals surface area contributed by atoms with Crippen molar-refractivity contribution in [2.24, 2.45) is 0 Å². The van der Waals surface area contributed by atoms with Crippen LogP contribution in [0.5, 0.6) is 0 Å². The lowest BCUT2D eigenvalue weighted by atomic mass is 10.1. The van der Waals surface area contributed by atoms with Crippen LogP contribution in [0.4, 0.5) is 0 Å². The van der Waals surface area contributed by atoms with Gasteiger partial charge in [0.15, 0.2) is 0 Å². The van der Waals surface area contributed by atoms with Crippen LogP contribution >= 0.6 is 15.9 Å². The van der Waals surface area contributed by atoms with Gasteiger partial charge in [0, 0.05) is 29.9 Å². The lowest BCUT2D eigenvalue weighted by molar-refractivity contribution is -0.118. The zero-order chi connectivity index (χ0) is 12.0. The Labute approximate surface area is 105 Å². The zero-order valence-electron chi connectivity index (χ0n) is 9.43. The van der Waals surface area contributed by atoms with Crippen LogP contribution in [-0.4, -0.2) is 12.5 Å². The maximum Gasteiger partial charge on any atom is 0.216 e. The highest BCUT2D eigenvalue weighted by molar-refractivity contribution is 9.10. The van der Waals surface area contributed by atoms with Gasteiger partial charge in [0.05, 0.1) is 0 Å². The van der Waals surface area contributed by atoms with Gasteiger partial charge in [-0.15, -0.1) is 0 Å². The number of amides is 1. The first-order valence-electron chi connectivity index (χ1n) is 5.09. The van der Waals surface area contributed by atoms with E-state index in [9.17, 15) is 4.79 Å². The Morgan fingerprint density at radius 1 is 1.50 bits per heavy atom. The summed E-state index contributed by atoms with van der Waals surface area (Å²) in [5.74, 6) is 6.07. The minimum absolute atomic E-state index is 0.0154. The van der Waals surface area contributed by atoms with E-state index in [0.29, 0.717) is 13.0 Å². The first kappa shape index (κ1) is 12.8. The van der Waals surface area contributed by atoms with Gasteiger partial charge in [-0.05, 0) is 40.5 Å². The first-order chi connectivity index (χ1) is 7.59. The highest BCUT2D eigenvalue weighted by Crippen LogP contribution is 2.16. The molecule has 16 heavy (non-hydrogen) atoms. The summed E-state index contributed by atoms with van der Waals surface area (Å²) < 4.78 is 1.01. The van der Waals surface area contributed by atoms with Crippen molar-refractivity contribution in [1.82, 2.24) is 5.32 Å². The fourth-order valence-electron chi connectivity index (χ4n) is 1.18. The molecule has 3 heteroatoms. The summed E-state index contributed by atoms with van der Waals surface area (Å²) in [7, 11) is 0. The lowest BCUT2D eigenvalue weighted by Crippen LogP contribution is -2.20. The second-order valence-electron chi connectivity index (χ2n) is 3.52. The van der Waals surface area contributed by atoms with Crippen molar-refractivity contribution < 1.29 is 4.79 Å². The highest BCUT2D eigenvalue weighted by Gasteiger charge is 1.95. The molecular weight excluding hydrogens is 266 g/mol. The molecule has 1 aromatic carbocycles. The van der Waals surface area contributed by atoms with Gasteiger partial charge in [-0.3, -0.25) is 4.79 Å². The predicted octanol–water partition coefficient (Wildman–Crippen LogP) is 2.64. The van der Waals surface area contributed by atoms with Crippen molar-refractivity contribution in [3.63, 3.8) is 0 Å². The van der Waals surface area contributed by atoms with Gasteiger partial charge in [0.2, 0.25) is 5.91 Å². The minimum Gasteiger partial charge on any atom is -0.355 e. The van der Waals surface area contributed by atoms with E-state index in [-0.39, 0.29) is 5.91 Å². The molecule has 0 unspecified atom stereocenters. The van der Waals surface area contributed by atoms with E-state index < -0.39 is 0 Å². The molecule has 1 N–H and O–H groups in total. The number of carbonyl (C=O) groups excluding carboxylic acids is 1. The molecule has 0 saturated carbocycles. The quantitative estimate of drug-likeness (QED) is 0.655. The number of carbonyl (C=O) groups is 1. The van der Waals surface area contributed by atoms with Crippen molar-refractivity contribution in [1.29, 1.82) is 0 Å². The Bertz CT molecular complexity index is 443. The van der Waals surface area contributed by atoms with Crippen molar-refractivity contribution in [3.05, 3.63) is 33.8 Å². The second-order valence-corrected chi connectivity index (χ2v) is 4.37. The Balaban J connectivity index is 2.53. The molecule has 0 heterocycles. The normalized spacial score (nSPS) is 9.19. The summed E-state index contributed by atoms with van der Waals surface area (Å²) in [5, 5.41) is 2.70. The fraction of sp³-hybridized carbons (Fsp3) is 0.308. The Kier molecular flexibility index (Phi) is 5.07. The number of hydrogen-bond acceptors (Lipinski definition) is 1. The average Bonchev–Trinajstić information content (AvgIpc) is 2.20. The molecule has 0 bridgehead atoms. The van der Waals surface area contributed by atoms with Crippen LogP contribution in [0.15, 0.2) is 22.7 Å². The van der Waals surface area contributed by atoms with E-state index in [4.69, 9.17) is 0 Å². The molecule has 0 aliphatic heterocycles. The van der Waals surface area contributed by atoms with Crippen LogP contribution in [0, 0.1) is 18.8 Å². The number of hydrogen-bond donors (Lipinski definition) is 1. The van der Waals surface area contributed by atoms with E-state index in [0.717, 1.165) is 10.0 Å². The highest BCUT2D eigenvalue weighted by atomic mass is 79.9. The summed E-state index contributed by atoms with van der Waals surface area (Å²) in [6, 6.07) is 6.06. The van der Waals surface area contributed by atoms with E-state index in [1.807, 2.05) is 25.1 Å². The molecule has 2 nitrogen and oxygen atoms in total. The topological polar surface area (TPSA) is 29.1 Å². The Morgan fingerprint density at radius 3 is 2.88 bits per heavy atom. The van der Waals surface area contributed by atoms with Gasteiger partial charge >= 0.3 is 0 Å². The summed E-state index contributed by atoms with van der Waals surface area (Å²) in [4.78, 5) is 10.6. The minimum atomic E-state index is -0.0154. The van der Waals surface area contributed by atoms with Crippen molar-refractivity contribution in [2.75, 3.05) is 6.54 Å². The third kappa shape index (κ3) is 4.50. The molecule has 1 aromatic rings. The fourth-order valence-corrected chi connectivity index (χ4v) is 1.77. The van der Waals surface area contributed by atoms with Crippen LogP contribution < -0.4 is 5.32 Å². The van der Waals surface area contributed by atoms with Crippen molar-refractivity contribution in [3.8, 4) is 11.8 Å². The largest absolute Gasteiger partial charge is 0.355 e. The standard InChI is InChI=1S/C13H14BrNO/c1-10-6-7-12(13(14)9-10)5-3-4-8-15-11(2)16/h6-7,9H,4,8H2,1-2H3,(H,15,16). The predicted molar refractivity (Wildman–Crippen MR) is 69.1 cm³/mol. The molecule has 0 radical (unpaired) electrons. The maximum atomic E-state index is 10.6. The van der Waals surface area contributed by atoms with E-state index in [1.54, 1.807) is 0 Å². The Hall–Kier alpha value is -1.27. The number of halogens is 1. The van der Waals surface area contributed by atoms with Gasteiger partial charge in [-0.25, -0.2) is 0 Å². The van der Waals surface area contributed by atoms with Gasteiger partial charge < -0.3 is 5.32 Å². The molecule has 0 saturated heterocycles. The monoisotopic (exact) mass is 279 g/mol. The maximum absolute atomic E-state index is 10.6. The summed E-state index contributed by atoms with van der Waals surface area (Å²) >= 11 is 3.47. The second kappa shape index (κ2) is 6.34.